The molecule has 20 heavy (non-hydrogen) atoms. The van der Waals surface area contributed by atoms with Crippen molar-refractivity contribution in [2.45, 2.75) is 32.2 Å². The first kappa shape index (κ1) is 16.6. The average Bonchev–Trinajstić information content (AvgIpc) is 2.44. The molecule has 0 unspecified atom stereocenters. The van der Waals surface area contributed by atoms with Crippen molar-refractivity contribution in [2.75, 3.05) is 11.5 Å². The molecule has 5 heteroatoms. The molecule has 0 aliphatic rings. The fourth-order valence-corrected chi connectivity index (χ4v) is 2.57. The van der Waals surface area contributed by atoms with Crippen molar-refractivity contribution >= 4 is 23.6 Å². The van der Waals surface area contributed by atoms with Crippen LogP contribution in [0, 0.1) is 0 Å². The summed E-state index contributed by atoms with van der Waals surface area (Å²) in [6.45, 7) is 1.90. The minimum Gasteiger partial charge on any atom is -0.480 e. The SMILES string of the molecule is CCC[C@@H](NC(=O)CSCCc1ccccc1)C(=O)O. The Bertz CT molecular complexity index is 422. The van der Waals surface area contributed by atoms with E-state index in [1.54, 1.807) is 0 Å². The molecule has 0 aliphatic heterocycles. The summed E-state index contributed by atoms with van der Waals surface area (Å²) in [6, 6.07) is 9.32. The minimum absolute atomic E-state index is 0.205. The van der Waals surface area contributed by atoms with Crippen molar-refractivity contribution in [3.63, 3.8) is 0 Å². The van der Waals surface area contributed by atoms with E-state index in [0.717, 1.165) is 18.6 Å². The van der Waals surface area contributed by atoms with Crippen molar-refractivity contribution in [3.05, 3.63) is 35.9 Å². The smallest absolute Gasteiger partial charge is 0.326 e. The number of carboxylic acid groups (broad SMARTS) is 1. The molecule has 0 aromatic heterocycles. The van der Waals surface area contributed by atoms with E-state index in [-0.39, 0.29) is 5.91 Å². The van der Waals surface area contributed by atoms with Crippen LogP contribution in [0.3, 0.4) is 0 Å². The highest BCUT2D eigenvalue weighted by molar-refractivity contribution is 7.99. The molecule has 2 N–H and O–H groups in total. The van der Waals surface area contributed by atoms with Crippen LogP contribution in [0.25, 0.3) is 0 Å². The van der Waals surface area contributed by atoms with Crippen LogP contribution in [0.5, 0.6) is 0 Å². The second-order valence-corrected chi connectivity index (χ2v) is 5.64. The van der Waals surface area contributed by atoms with Crippen molar-refractivity contribution < 1.29 is 14.7 Å². The lowest BCUT2D eigenvalue weighted by Gasteiger charge is -2.13. The minimum atomic E-state index is -0.963. The van der Waals surface area contributed by atoms with Crippen LogP contribution in [0.15, 0.2) is 30.3 Å². The number of carbonyl (C=O) groups excluding carboxylic acids is 1. The number of aryl methyl sites for hydroxylation is 1. The monoisotopic (exact) mass is 295 g/mol. The molecule has 0 fully saturated rings. The summed E-state index contributed by atoms with van der Waals surface area (Å²) in [6.07, 6.45) is 2.12. The van der Waals surface area contributed by atoms with Gasteiger partial charge >= 0.3 is 5.97 Å². The van der Waals surface area contributed by atoms with Gasteiger partial charge in [-0.25, -0.2) is 4.79 Å². The molecule has 0 radical (unpaired) electrons. The van der Waals surface area contributed by atoms with Crippen LogP contribution in [0.1, 0.15) is 25.3 Å². The standard InChI is InChI=1S/C15H21NO3S/c1-2-6-13(15(18)19)16-14(17)11-20-10-9-12-7-4-3-5-8-12/h3-5,7-8,13H,2,6,9-11H2,1H3,(H,16,17)(H,18,19)/t13-/m1/s1. The highest BCUT2D eigenvalue weighted by atomic mass is 32.2. The van der Waals surface area contributed by atoms with Gasteiger partial charge in [-0.15, -0.1) is 0 Å². The Morgan fingerprint density at radius 1 is 1.30 bits per heavy atom. The van der Waals surface area contributed by atoms with E-state index in [4.69, 9.17) is 5.11 Å². The van der Waals surface area contributed by atoms with E-state index >= 15 is 0 Å². The van der Waals surface area contributed by atoms with Gasteiger partial charge in [0.1, 0.15) is 6.04 Å². The van der Waals surface area contributed by atoms with Crippen LogP contribution >= 0.6 is 11.8 Å². The van der Waals surface area contributed by atoms with E-state index in [1.165, 1.54) is 17.3 Å². The van der Waals surface area contributed by atoms with Crippen LogP contribution < -0.4 is 5.32 Å². The third-order valence-corrected chi connectivity index (χ3v) is 3.78. The van der Waals surface area contributed by atoms with Gasteiger partial charge in [-0.1, -0.05) is 43.7 Å². The lowest BCUT2D eigenvalue weighted by Crippen LogP contribution is -2.41. The predicted molar refractivity (Wildman–Crippen MR) is 81.9 cm³/mol. The molecule has 4 nitrogen and oxygen atoms in total. The predicted octanol–water partition coefficient (Wildman–Crippen LogP) is 2.33. The van der Waals surface area contributed by atoms with Gasteiger partial charge < -0.3 is 10.4 Å². The second-order valence-electron chi connectivity index (χ2n) is 4.54. The van der Waals surface area contributed by atoms with Gasteiger partial charge in [0.25, 0.3) is 0 Å². The fourth-order valence-electron chi connectivity index (χ4n) is 1.78. The van der Waals surface area contributed by atoms with Gasteiger partial charge in [-0.05, 0) is 24.2 Å². The maximum absolute atomic E-state index is 11.6. The molecule has 0 saturated heterocycles. The maximum Gasteiger partial charge on any atom is 0.326 e. The third kappa shape index (κ3) is 6.61. The van der Waals surface area contributed by atoms with Crippen molar-refractivity contribution in [3.8, 4) is 0 Å². The van der Waals surface area contributed by atoms with E-state index in [0.29, 0.717) is 12.2 Å². The largest absolute Gasteiger partial charge is 0.480 e. The number of hydrogen-bond donors (Lipinski definition) is 2. The molecular formula is C15H21NO3S. The van der Waals surface area contributed by atoms with Crippen molar-refractivity contribution in [1.29, 1.82) is 0 Å². The van der Waals surface area contributed by atoms with Gasteiger partial charge in [-0.2, -0.15) is 11.8 Å². The van der Waals surface area contributed by atoms with E-state index in [1.807, 2.05) is 25.1 Å². The normalized spacial score (nSPS) is 11.8. The lowest BCUT2D eigenvalue weighted by molar-refractivity contribution is -0.141. The zero-order valence-electron chi connectivity index (χ0n) is 11.7. The van der Waals surface area contributed by atoms with Gasteiger partial charge in [0.2, 0.25) is 5.91 Å². The molecular weight excluding hydrogens is 274 g/mol. The first-order valence-electron chi connectivity index (χ1n) is 6.77. The number of hydrogen-bond acceptors (Lipinski definition) is 3. The number of amides is 1. The summed E-state index contributed by atoms with van der Waals surface area (Å²) in [4.78, 5) is 22.6. The third-order valence-electron chi connectivity index (χ3n) is 2.82. The number of rotatable bonds is 9. The summed E-state index contributed by atoms with van der Waals surface area (Å²) in [5.41, 5.74) is 1.25. The van der Waals surface area contributed by atoms with Crippen LogP contribution in [0.4, 0.5) is 0 Å². The Morgan fingerprint density at radius 3 is 2.60 bits per heavy atom. The molecule has 0 bridgehead atoms. The molecule has 0 aliphatic carbocycles. The van der Waals surface area contributed by atoms with Gasteiger partial charge in [0.05, 0.1) is 5.75 Å². The molecule has 1 aromatic rings. The summed E-state index contributed by atoms with van der Waals surface area (Å²) < 4.78 is 0. The average molecular weight is 295 g/mol. The number of benzene rings is 1. The van der Waals surface area contributed by atoms with Crippen LogP contribution in [-0.4, -0.2) is 34.5 Å². The molecule has 1 rings (SSSR count). The van der Waals surface area contributed by atoms with Crippen molar-refractivity contribution in [1.82, 2.24) is 5.32 Å². The number of carbonyl (C=O) groups is 2. The number of carboxylic acids is 1. The zero-order chi connectivity index (χ0) is 14.8. The van der Waals surface area contributed by atoms with E-state index < -0.39 is 12.0 Å². The van der Waals surface area contributed by atoms with Crippen LogP contribution in [0.2, 0.25) is 0 Å². The number of aliphatic carboxylic acids is 1. The fraction of sp³-hybridized carbons (Fsp3) is 0.467. The number of nitrogens with one attached hydrogen (secondary N) is 1. The topological polar surface area (TPSA) is 66.4 Å². The Kier molecular flexibility index (Phi) is 7.80. The second kappa shape index (κ2) is 9.42. The highest BCUT2D eigenvalue weighted by Crippen LogP contribution is 2.07. The summed E-state index contributed by atoms with van der Waals surface area (Å²) in [7, 11) is 0. The van der Waals surface area contributed by atoms with E-state index in [2.05, 4.69) is 17.4 Å². The summed E-state index contributed by atoms with van der Waals surface area (Å²) in [5.74, 6) is -0.0121. The molecule has 1 aromatic carbocycles. The van der Waals surface area contributed by atoms with E-state index in [9.17, 15) is 9.59 Å². The summed E-state index contributed by atoms with van der Waals surface area (Å²) >= 11 is 1.52. The summed E-state index contributed by atoms with van der Waals surface area (Å²) in [5, 5.41) is 11.5. The molecule has 1 amide bonds. The van der Waals surface area contributed by atoms with Crippen LogP contribution in [-0.2, 0) is 16.0 Å². The highest BCUT2D eigenvalue weighted by Gasteiger charge is 2.18. The Morgan fingerprint density at radius 2 is 2.00 bits per heavy atom. The molecule has 0 spiro atoms. The Hall–Kier alpha value is -1.49. The van der Waals surface area contributed by atoms with Crippen molar-refractivity contribution in [2.24, 2.45) is 0 Å². The molecule has 0 saturated carbocycles. The maximum atomic E-state index is 11.6. The number of thioether (sulfide) groups is 1. The molecule has 0 heterocycles. The first-order chi connectivity index (χ1) is 9.63. The van der Waals surface area contributed by atoms with Gasteiger partial charge in [0, 0.05) is 0 Å². The Balaban J connectivity index is 2.21. The quantitative estimate of drug-likeness (QED) is 0.686. The lowest BCUT2D eigenvalue weighted by atomic mass is 10.2. The molecule has 110 valence electrons. The first-order valence-corrected chi connectivity index (χ1v) is 7.92. The van der Waals surface area contributed by atoms with Gasteiger partial charge in [0.15, 0.2) is 0 Å². The van der Waals surface area contributed by atoms with Gasteiger partial charge in [-0.3, -0.25) is 4.79 Å². The molecule has 1 atom stereocenters. The zero-order valence-corrected chi connectivity index (χ0v) is 12.5. The Labute approximate surface area is 124 Å².